The van der Waals surface area contributed by atoms with Crippen LogP contribution >= 0.6 is 0 Å². The number of hydrogen-bond acceptors (Lipinski definition) is 6. The molecule has 0 unspecified atom stereocenters. The monoisotopic (exact) mass is 235 g/mol. The first-order valence-corrected chi connectivity index (χ1v) is 0. The van der Waals surface area contributed by atoms with E-state index in [1.807, 2.05) is 0 Å². The van der Waals surface area contributed by atoms with Gasteiger partial charge in [-0.2, -0.15) is 0 Å². The Kier molecular flexibility index (Phi) is 86200. The summed E-state index contributed by atoms with van der Waals surface area (Å²) in [6.07, 6.45) is 0. The van der Waals surface area contributed by atoms with E-state index in [2.05, 4.69) is 0 Å². The molecule has 0 fully saturated rings. The van der Waals surface area contributed by atoms with E-state index in [0.717, 1.165) is 0 Å². The molecule has 0 aromatic heterocycles. The quantitative estimate of drug-likeness (QED) is 0.226. The summed E-state index contributed by atoms with van der Waals surface area (Å²) in [6.45, 7) is 0. The van der Waals surface area contributed by atoms with Gasteiger partial charge in [0.15, 0.2) is 0 Å². The molecule has 18 N–H and O–H groups in total. The van der Waals surface area contributed by atoms with Gasteiger partial charge < -0.3 is 61.7 Å². The summed E-state index contributed by atoms with van der Waals surface area (Å²) < 4.78 is 0. The largest absolute Gasteiger partial charge is 2.00 e. The predicted octanol–water partition coefficient (Wildman–Crippen LogP) is -5.02. The third-order valence-electron chi connectivity index (χ3n) is 0. The number of hydrogen-bond donors (Lipinski definition) is 6. The van der Waals surface area contributed by atoms with E-state index in [4.69, 9.17) is 0 Å². The van der Waals surface area contributed by atoms with Crippen LogP contribution in [0.3, 0.4) is 0 Å². The Bertz CT molecular complexity index is 11.0. The minimum Gasteiger partial charge on any atom is -1.00 e. The molecular weight excluding hydrogens is 218 g/mol. The van der Waals surface area contributed by atoms with Gasteiger partial charge in [0.05, 0.1) is 0 Å². The molecular formula is H18Cl2CuN6. The first kappa shape index (κ1) is 1050. The summed E-state index contributed by atoms with van der Waals surface area (Å²) in [5, 5.41) is 0. The second kappa shape index (κ2) is 741. The summed E-state index contributed by atoms with van der Waals surface area (Å²) in [4.78, 5) is 0. The van der Waals surface area contributed by atoms with E-state index in [1.54, 1.807) is 0 Å². The topological polar surface area (TPSA) is 210 Å². The second-order valence-corrected chi connectivity index (χ2v) is 0. The van der Waals surface area contributed by atoms with Crippen molar-refractivity contribution in [3.05, 3.63) is 0 Å². The molecule has 0 saturated heterocycles. The predicted molar refractivity (Wildman–Crippen MR) is 30.1 cm³/mol. The van der Waals surface area contributed by atoms with Gasteiger partial charge in [-0.1, -0.05) is 0 Å². The average Bonchev–Trinajstić information content (AvgIpc) is 0. The van der Waals surface area contributed by atoms with Crippen molar-refractivity contribution in [2.45, 2.75) is 0 Å². The first-order chi connectivity index (χ1) is 0. The standard InChI is InChI=1S/2ClH.Cu.6H3N/h2*1H;;6*1H3/q;;+2;;;;;;/p-2. The molecule has 0 aromatic rings. The minimum atomic E-state index is 0. The second-order valence-electron chi connectivity index (χ2n) is 0. The third-order valence-corrected chi connectivity index (χ3v) is 0. The molecule has 9 heteroatoms. The van der Waals surface area contributed by atoms with Gasteiger partial charge in [-0.15, -0.1) is 0 Å². The molecule has 9 heavy (non-hydrogen) atoms. The Morgan fingerprint density at radius 1 is 0.333 bits per heavy atom. The smallest absolute Gasteiger partial charge is 1.00 e. The zero-order valence-corrected chi connectivity index (χ0v) is 7.75. The molecule has 0 aliphatic rings. The van der Waals surface area contributed by atoms with Crippen molar-refractivity contribution in [3.8, 4) is 0 Å². The molecule has 0 atom stereocenters. The molecule has 0 bridgehead atoms. The molecule has 0 amide bonds. The van der Waals surface area contributed by atoms with Crippen LogP contribution in [0.4, 0.5) is 0 Å². The number of halogens is 2. The molecule has 0 aliphatic carbocycles. The summed E-state index contributed by atoms with van der Waals surface area (Å²) in [6, 6.07) is 0. The van der Waals surface area contributed by atoms with Crippen LogP contribution in [0.1, 0.15) is 0 Å². The Hall–Kier alpha value is 0.859. The molecule has 6 nitrogen and oxygen atoms in total. The van der Waals surface area contributed by atoms with Gasteiger partial charge in [0.25, 0.3) is 0 Å². The van der Waals surface area contributed by atoms with E-state index in [-0.39, 0.29) is 78.8 Å². The van der Waals surface area contributed by atoms with E-state index in [0.29, 0.717) is 0 Å². The Labute approximate surface area is 79.1 Å². The van der Waals surface area contributed by atoms with Crippen LogP contribution in [0.15, 0.2) is 0 Å². The van der Waals surface area contributed by atoms with Crippen molar-refractivity contribution in [3.63, 3.8) is 0 Å². The van der Waals surface area contributed by atoms with Gasteiger partial charge >= 0.3 is 17.1 Å². The molecule has 0 aromatic carbocycles. The van der Waals surface area contributed by atoms with E-state index in [9.17, 15) is 0 Å². The van der Waals surface area contributed by atoms with Crippen molar-refractivity contribution in [1.82, 2.24) is 36.9 Å². The zero-order valence-electron chi connectivity index (χ0n) is 5.30. The van der Waals surface area contributed by atoms with Crippen LogP contribution in [0.25, 0.3) is 0 Å². The molecule has 0 heterocycles. The van der Waals surface area contributed by atoms with Gasteiger partial charge in [0.2, 0.25) is 0 Å². The van der Waals surface area contributed by atoms with Gasteiger partial charge in [0.1, 0.15) is 0 Å². The van der Waals surface area contributed by atoms with E-state index >= 15 is 0 Å². The minimum absolute atomic E-state index is 0. The number of rotatable bonds is 0. The Balaban J connectivity index is 0. The zero-order chi connectivity index (χ0) is 0. The van der Waals surface area contributed by atoms with Gasteiger partial charge in [-0.05, 0) is 0 Å². The summed E-state index contributed by atoms with van der Waals surface area (Å²) >= 11 is 0. The molecule has 0 aliphatic heterocycles. The normalized spacial score (nSPS) is 0. The van der Waals surface area contributed by atoms with Crippen LogP contribution in [0, 0.1) is 0 Å². The maximum Gasteiger partial charge on any atom is 2.00 e. The average molecular weight is 237 g/mol. The van der Waals surface area contributed by atoms with Crippen molar-refractivity contribution in [2.75, 3.05) is 0 Å². The fraction of sp³-hybridized carbons (Fsp3) is 0. The fourth-order valence-electron chi connectivity index (χ4n) is 0. The van der Waals surface area contributed by atoms with Gasteiger partial charge in [0, 0.05) is 0 Å². The SMILES string of the molecule is N.N.N.N.N.N.[Cl-].[Cl-].[Cu+2]. The Morgan fingerprint density at radius 2 is 0.333 bits per heavy atom. The summed E-state index contributed by atoms with van der Waals surface area (Å²) in [5.74, 6) is 0. The van der Waals surface area contributed by atoms with Crippen LogP contribution in [0.5, 0.6) is 0 Å². The van der Waals surface area contributed by atoms with Crippen LogP contribution < -0.4 is 61.7 Å². The van der Waals surface area contributed by atoms with E-state index < -0.39 is 0 Å². The van der Waals surface area contributed by atoms with Crippen molar-refractivity contribution < 1.29 is 41.9 Å². The summed E-state index contributed by atoms with van der Waals surface area (Å²) in [7, 11) is 0. The molecule has 73 valence electrons. The molecule has 0 saturated carbocycles. The summed E-state index contributed by atoms with van der Waals surface area (Å²) in [5.41, 5.74) is 0. The maximum absolute atomic E-state index is 0. The van der Waals surface area contributed by atoms with Crippen molar-refractivity contribution in [1.29, 1.82) is 0 Å². The van der Waals surface area contributed by atoms with Crippen LogP contribution in [-0.2, 0) is 17.1 Å². The fourth-order valence-corrected chi connectivity index (χ4v) is 0. The van der Waals surface area contributed by atoms with Gasteiger partial charge in [-0.3, -0.25) is 0 Å². The van der Waals surface area contributed by atoms with Gasteiger partial charge in [-0.25, -0.2) is 0 Å². The molecule has 0 spiro atoms. The van der Waals surface area contributed by atoms with Crippen molar-refractivity contribution >= 4 is 0 Å². The molecule has 1 radical (unpaired) electrons. The van der Waals surface area contributed by atoms with E-state index in [1.165, 1.54) is 0 Å². The molecule has 0 rings (SSSR count). The van der Waals surface area contributed by atoms with Crippen LogP contribution in [0.2, 0.25) is 0 Å². The van der Waals surface area contributed by atoms with Crippen LogP contribution in [-0.4, -0.2) is 0 Å². The third kappa shape index (κ3) is 564. The maximum atomic E-state index is 0. The van der Waals surface area contributed by atoms with Crippen molar-refractivity contribution in [2.24, 2.45) is 0 Å². The Morgan fingerprint density at radius 3 is 0.333 bits per heavy atom. The first-order valence-electron chi connectivity index (χ1n) is 0.